The molecule has 0 radical (unpaired) electrons. The molecule has 2 fully saturated rings. The van der Waals surface area contributed by atoms with Gasteiger partial charge in [-0.3, -0.25) is 101 Å². The third-order valence-electron chi connectivity index (χ3n) is 23.8. The fraction of sp³-hybridized carbons (Fsp3) is 0.532. The van der Waals surface area contributed by atoms with Crippen LogP contribution in [0.5, 0.6) is 0 Å². The van der Waals surface area contributed by atoms with Gasteiger partial charge < -0.3 is 148 Å². The highest BCUT2D eigenvalue weighted by Crippen LogP contribution is 2.25. The number of fused-ring (bicyclic) bond motifs is 1. The Hall–Kier alpha value is -14.2. The molecule has 0 saturated carbocycles. The van der Waals surface area contributed by atoms with Crippen molar-refractivity contribution in [2.75, 3.05) is 70.5 Å². The van der Waals surface area contributed by atoms with Crippen LogP contribution in [0.2, 0.25) is 0 Å². The van der Waals surface area contributed by atoms with E-state index in [9.17, 15) is 111 Å². The van der Waals surface area contributed by atoms with Crippen molar-refractivity contribution in [3.63, 3.8) is 0 Å². The number of carboxylic acids is 1. The summed E-state index contributed by atoms with van der Waals surface area (Å²) in [5.41, 5.74) is 18.9. The number of para-hydroxylation sites is 1. The Kier molecular flexibility index (Phi) is 48.7. The van der Waals surface area contributed by atoms with Gasteiger partial charge in [-0.25, -0.2) is 4.98 Å². The molecule has 17 atom stereocenters. The zero-order valence-electron chi connectivity index (χ0n) is 81.8. The molecule has 2 aromatic heterocycles. The largest absolute Gasteiger partial charge is 0.480 e. The zero-order chi connectivity index (χ0) is 108. The molecule has 0 unspecified atom stereocenters. The van der Waals surface area contributed by atoms with Gasteiger partial charge in [0.1, 0.15) is 97.2 Å². The number of primary amides is 1. The van der Waals surface area contributed by atoms with Crippen LogP contribution in [0.1, 0.15) is 128 Å². The summed E-state index contributed by atoms with van der Waals surface area (Å²) < 4.78 is 0. The lowest BCUT2D eigenvalue weighted by molar-refractivity contribution is -0.142. The van der Waals surface area contributed by atoms with Crippen molar-refractivity contribution < 1.29 is 121 Å². The highest BCUT2D eigenvalue weighted by molar-refractivity contribution is 7.80. The predicted molar refractivity (Wildman–Crippen MR) is 532 cm³/mol. The summed E-state index contributed by atoms with van der Waals surface area (Å²) in [5.74, 6) is -21.8. The van der Waals surface area contributed by atoms with E-state index < -0.39 is 284 Å². The molecule has 2 aliphatic rings. The minimum atomic E-state index is -1.86. The number of nitrogens with zero attached hydrogens (tertiary/aromatic N) is 3. The topological polar surface area (TPSA) is 773 Å². The number of aliphatic hydroxyl groups is 3. The highest BCUT2D eigenvalue weighted by atomic mass is 32.1. The van der Waals surface area contributed by atoms with Crippen LogP contribution >= 0.6 is 25.3 Å². The number of aromatic amines is 2. The molecule has 20 amide bonds. The highest BCUT2D eigenvalue weighted by Gasteiger charge is 2.44. The summed E-state index contributed by atoms with van der Waals surface area (Å²) in [7, 11) is 0. The Balaban J connectivity index is 1.01. The van der Waals surface area contributed by atoms with Crippen LogP contribution in [-0.2, 0) is 126 Å². The van der Waals surface area contributed by atoms with Gasteiger partial charge in [0.25, 0.3) is 0 Å². The van der Waals surface area contributed by atoms with Crippen LogP contribution in [-0.4, -0.2) is 343 Å². The van der Waals surface area contributed by atoms with Crippen LogP contribution < -0.4 is 108 Å². The first-order chi connectivity index (χ1) is 69.5. The number of aliphatic carboxylic acids is 1. The number of carbonyl (C=O) groups excluding carboxylic acids is 20. The van der Waals surface area contributed by atoms with Gasteiger partial charge in [0.05, 0.1) is 51.3 Å². The average Bonchev–Trinajstić information content (AvgIpc) is 1.63. The maximum Gasteiger partial charge on any atom is 0.322 e. The second-order valence-corrected chi connectivity index (χ2v) is 36.8. The second-order valence-electron chi connectivity index (χ2n) is 36.1. The molecule has 52 heteroatoms. The Labute approximate surface area is 852 Å². The van der Waals surface area contributed by atoms with Gasteiger partial charge in [-0.1, -0.05) is 107 Å². The minimum absolute atomic E-state index is 0.00426. The molecule has 0 spiro atoms. The van der Waals surface area contributed by atoms with Gasteiger partial charge in [-0.2, -0.15) is 25.3 Å². The maximum absolute atomic E-state index is 15.0. The quantitative estimate of drug-likeness (QED) is 0.0127. The molecule has 4 heterocycles. The van der Waals surface area contributed by atoms with E-state index in [0.717, 1.165) is 0 Å². The summed E-state index contributed by atoms with van der Waals surface area (Å²) in [6.45, 7) is 4.77. The molecule has 0 bridgehead atoms. The molecular formula is C94H135N25O25S2. The van der Waals surface area contributed by atoms with E-state index in [1.807, 2.05) is 0 Å². The summed E-state index contributed by atoms with van der Waals surface area (Å²) in [5, 5.41) is 84.3. The van der Waals surface area contributed by atoms with E-state index in [0.29, 0.717) is 39.7 Å². The van der Waals surface area contributed by atoms with Crippen molar-refractivity contribution in [1.29, 1.82) is 0 Å². The number of amides is 20. The molecule has 3 aromatic carbocycles. The fourth-order valence-electron chi connectivity index (χ4n) is 16.0. The standard InChI is InChI=1S/C94H135N25O25S2/c1-49(2)33-61(84(134)117-79(52(6)122)93(143)111-64(36-55-39-99-58-24-14-13-23-57(55)58)85(135)116-77(50(3)4)91(141)114-68(47-146)87(137)106-60(25-15-16-30-95)94(144)119-32-18-27-70(119)90(140)105-59(28-29-71(97)123)80(130)102-41-73(125)101-44-76(128)129)109-89(139)69-26-17-31-118(69)75(127)43-103-81(131)62(34-53-19-9-7-10-20-53)107-83(133)65(37-56-40-98-48-104-56)108-88(138)67(46-145)113-86(136)66(45-120)112-82(132)63(35-54-21-11-8-12-22-54)110-92(142)78(51(5)121)115-74(126)42-100-72(124)38-96/h7-14,19-24,39-40,48-52,59-70,77-79,99,120-122,145-146H,15-18,25-38,41-47,95-96H2,1-6H3,(H2,97,123)(H,98,104)(H,100,124)(H,101,125)(H,102,130)(H,103,131)(H,105,140)(H,106,137)(H,107,133)(H,108,138)(H,109,139)(H,110,142)(H,111,143)(H,112,132)(H,113,136)(H,114,141)(H,115,126)(H,116,135)(H,117,134)(H,128,129)/t51-,52-,59+,60+,61+,62+,63+,64+,65+,66+,67+,68+,69+,70+,77+,78+,79+/m1/s1. The van der Waals surface area contributed by atoms with E-state index in [4.69, 9.17) is 22.3 Å². The normalized spacial score (nSPS) is 16.4. The van der Waals surface area contributed by atoms with Crippen molar-refractivity contribution in [3.8, 4) is 0 Å². The predicted octanol–water partition coefficient (Wildman–Crippen LogP) is -8.34. The van der Waals surface area contributed by atoms with Crippen molar-refractivity contribution >= 4 is 160 Å². The number of rotatable bonds is 60. The number of carboxylic acid groups (broad SMARTS) is 1. The number of H-pyrrole nitrogens is 2. The maximum atomic E-state index is 15.0. The lowest BCUT2D eigenvalue weighted by atomic mass is 9.99. The van der Waals surface area contributed by atoms with Crippen molar-refractivity contribution in [2.24, 2.45) is 29.0 Å². The van der Waals surface area contributed by atoms with Crippen molar-refractivity contribution in [3.05, 3.63) is 126 Å². The molecule has 0 aliphatic carbocycles. The first-order valence-corrected chi connectivity index (χ1v) is 49.1. The zero-order valence-corrected chi connectivity index (χ0v) is 83.6. The van der Waals surface area contributed by atoms with Crippen LogP contribution in [0, 0.1) is 11.8 Å². The first kappa shape index (κ1) is 119. The number of unbranched alkanes of at least 4 members (excludes halogenated alkanes) is 1. The number of thiol groups is 2. The number of hydrogen-bond acceptors (Lipinski definition) is 29. The third-order valence-corrected chi connectivity index (χ3v) is 24.6. The molecule has 29 N–H and O–H groups in total. The van der Waals surface area contributed by atoms with E-state index in [2.05, 4.69) is 131 Å². The van der Waals surface area contributed by atoms with Gasteiger partial charge in [0.15, 0.2) is 0 Å². The Morgan fingerprint density at radius 2 is 0.897 bits per heavy atom. The lowest BCUT2D eigenvalue weighted by Crippen LogP contribution is -2.62. The number of nitrogens with two attached hydrogens (primary N) is 3. The SMILES string of the molecule is CC(C)C[C@H](NC(=O)[C@@H]1CCCN1C(=O)CNC(=O)[C@H](Cc1ccccc1)NC(=O)[C@H](Cc1cnc[nH]1)NC(=O)[C@H](CS)NC(=O)[C@H](CO)NC(=O)[C@H](Cc1ccccc1)NC(=O)[C@@H](NC(=O)CNC(=O)CN)[C@@H](C)O)C(=O)N[C@H](C(=O)N[C@@H](Cc1c[nH]c2ccccc12)C(=O)N[C@H](C(=O)N[C@@H](CS)C(=O)N[C@@H](CCCCN)C(=O)N1CCC[C@H]1C(=O)N[C@@H](CCC(N)=O)C(=O)NCC(=O)NCC(=O)O)C(C)C)[C@@H](C)O. The molecule has 50 nitrogen and oxygen atoms in total. The lowest BCUT2D eigenvalue weighted by Gasteiger charge is -2.31. The fourth-order valence-corrected chi connectivity index (χ4v) is 16.5. The monoisotopic (exact) mass is 2080 g/mol. The molecule has 7 rings (SSSR count). The molecule has 2 saturated heterocycles. The number of nitrogens with one attached hydrogen (secondary N) is 19. The summed E-state index contributed by atoms with van der Waals surface area (Å²) in [4.78, 5) is 302. The van der Waals surface area contributed by atoms with Gasteiger partial charge in [0, 0.05) is 85.7 Å². The number of hydrogen-bond donors (Lipinski definition) is 28. The third kappa shape index (κ3) is 37.7. The van der Waals surface area contributed by atoms with E-state index >= 15 is 4.79 Å². The summed E-state index contributed by atoms with van der Waals surface area (Å²) in [6, 6.07) is 0.453. The van der Waals surface area contributed by atoms with Crippen LogP contribution in [0.15, 0.2) is 104 Å². The van der Waals surface area contributed by atoms with E-state index in [1.54, 1.807) is 119 Å². The van der Waals surface area contributed by atoms with Crippen molar-refractivity contribution in [1.82, 2.24) is 115 Å². The van der Waals surface area contributed by atoms with Crippen LogP contribution in [0.25, 0.3) is 10.9 Å². The van der Waals surface area contributed by atoms with Gasteiger partial charge in [0.2, 0.25) is 118 Å². The van der Waals surface area contributed by atoms with Crippen LogP contribution in [0.4, 0.5) is 0 Å². The molecule has 798 valence electrons. The Morgan fingerprint density at radius 1 is 0.445 bits per heavy atom. The van der Waals surface area contributed by atoms with E-state index in [1.165, 1.54) is 36.2 Å². The second kappa shape index (κ2) is 59.9. The number of imidazole rings is 1. The van der Waals surface area contributed by atoms with Crippen molar-refractivity contribution in [2.45, 2.75) is 234 Å². The number of benzene rings is 3. The molecular weight excluding hydrogens is 1940 g/mol. The van der Waals surface area contributed by atoms with Crippen LogP contribution in [0.3, 0.4) is 0 Å². The first-order valence-electron chi connectivity index (χ1n) is 47.8. The Morgan fingerprint density at radius 3 is 1.44 bits per heavy atom. The van der Waals surface area contributed by atoms with Gasteiger partial charge in [-0.15, -0.1) is 0 Å². The molecule has 5 aromatic rings. The van der Waals surface area contributed by atoms with E-state index in [-0.39, 0.29) is 108 Å². The Bertz CT molecular complexity index is 5330. The minimum Gasteiger partial charge on any atom is -0.480 e. The number of aliphatic hydroxyl groups excluding tert-OH is 3. The molecule has 146 heavy (non-hydrogen) atoms. The summed E-state index contributed by atoms with van der Waals surface area (Å²) >= 11 is 8.66. The van der Waals surface area contributed by atoms with Gasteiger partial charge >= 0.3 is 5.97 Å². The number of likely N-dealkylation sites (tertiary alicyclic amines) is 2. The average molecular weight is 2080 g/mol. The number of aromatic nitrogens is 3. The molecule has 2 aliphatic heterocycles. The number of carbonyl (C=O) groups is 21. The summed E-state index contributed by atoms with van der Waals surface area (Å²) in [6.07, 6.45) is 0.412. The van der Waals surface area contributed by atoms with Gasteiger partial charge in [-0.05, 0) is 113 Å². The smallest absolute Gasteiger partial charge is 0.322 e.